The van der Waals surface area contributed by atoms with Gasteiger partial charge in [-0.05, 0) is 64.0 Å². The van der Waals surface area contributed by atoms with E-state index in [1.807, 2.05) is 6.20 Å². The van der Waals surface area contributed by atoms with Gasteiger partial charge in [0.15, 0.2) is 0 Å². The summed E-state index contributed by atoms with van der Waals surface area (Å²) in [6.07, 6.45) is 5.75. The maximum absolute atomic E-state index is 4.95. The molecule has 4 heterocycles. The highest BCUT2D eigenvalue weighted by molar-refractivity contribution is 5.83. The zero-order valence-corrected chi connectivity index (χ0v) is 15.0. The Bertz CT molecular complexity index is 958. The van der Waals surface area contributed by atoms with Crippen molar-refractivity contribution in [3.05, 3.63) is 47.8 Å². The van der Waals surface area contributed by atoms with Crippen LogP contribution in [0.1, 0.15) is 30.5 Å². The van der Waals surface area contributed by atoms with Crippen LogP contribution in [0.5, 0.6) is 0 Å². The molecule has 0 bridgehead atoms. The minimum atomic E-state index is 0.305. The fraction of sp³-hybridized carbons (Fsp3) is 0.429. The number of pyridine rings is 1. The maximum atomic E-state index is 4.95. The zero-order valence-electron chi connectivity index (χ0n) is 15.0. The molecule has 2 aliphatic heterocycles. The Morgan fingerprint density at radius 2 is 2.00 bits per heavy atom. The molecule has 0 radical (unpaired) electrons. The minimum absolute atomic E-state index is 0.305. The highest BCUT2D eigenvalue weighted by atomic mass is 15.3. The third-order valence-corrected chi connectivity index (χ3v) is 6.03. The van der Waals surface area contributed by atoms with E-state index in [2.05, 4.69) is 58.9 Å². The quantitative estimate of drug-likeness (QED) is 0.680. The van der Waals surface area contributed by atoms with E-state index < -0.39 is 0 Å². The lowest BCUT2D eigenvalue weighted by atomic mass is 9.77. The standard InChI is InChI=1S/C21H24N4/c1-15-4-5-18-16(10-15)11-17(13-22-18)19-12-20-21(7-9-24(2)14-21)6-3-8-25(20)23-19/h4-5,10-13H,3,6-9,14H2,1-2H3. The van der Waals surface area contributed by atoms with Gasteiger partial charge in [0, 0.05) is 41.3 Å². The molecule has 2 aromatic heterocycles. The summed E-state index contributed by atoms with van der Waals surface area (Å²) in [6, 6.07) is 11.0. The molecule has 2 aliphatic rings. The summed E-state index contributed by atoms with van der Waals surface area (Å²) < 4.78 is 2.26. The van der Waals surface area contributed by atoms with Crippen LogP contribution in [0.2, 0.25) is 0 Å². The first-order chi connectivity index (χ1) is 12.1. The predicted molar refractivity (Wildman–Crippen MR) is 101 cm³/mol. The van der Waals surface area contributed by atoms with Crippen molar-refractivity contribution in [2.24, 2.45) is 0 Å². The van der Waals surface area contributed by atoms with Crippen LogP contribution in [-0.4, -0.2) is 39.8 Å². The molecule has 25 heavy (non-hydrogen) atoms. The van der Waals surface area contributed by atoms with Gasteiger partial charge in [0.05, 0.1) is 11.2 Å². The second-order valence-electron chi connectivity index (χ2n) is 7.93. The number of hydrogen-bond donors (Lipinski definition) is 0. The molecular formula is C21H24N4. The van der Waals surface area contributed by atoms with Crippen molar-refractivity contribution in [1.82, 2.24) is 19.7 Å². The monoisotopic (exact) mass is 332 g/mol. The number of benzene rings is 1. The molecule has 0 saturated carbocycles. The lowest BCUT2D eigenvalue weighted by Crippen LogP contribution is -2.36. The van der Waals surface area contributed by atoms with Crippen LogP contribution in [0, 0.1) is 6.92 Å². The molecule has 1 atom stereocenters. The topological polar surface area (TPSA) is 34.0 Å². The van der Waals surface area contributed by atoms with E-state index in [-0.39, 0.29) is 0 Å². The molecule has 1 fully saturated rings. The van der Waals surface area contributed by atoms with Gasteiger partial charge >= 0.3 is 0 Å². The van der Waals surface area contributed by atoms with Crippen LogP contribution >= 0.6 is 0 Å². The Labute approximate surface area is 148 Å². The average molecular weight is 332 g/mol. The predicted octanol–water partition coefficient (Wildman–Crippen LogP) is 3.77. The molecule has 0 N–H and O–H groups in total. The minimum Gasteiger partial charge on any atom is -0.305 e. The Morgan fingerprint density at radius 3 is 2.84 bits per heavy atom. The van der Waals surface area contributed by atoms with Crippen molar-refractivity contribution in [3.8, 4) is 11.3 Å². The van der Waals surface area contributed by atoms with Crippen molar-refractivity contribution in [1.29, 1.82) is 0 Å². The molecule has 0 amide bonds. The fourth-order valence-corrected chi connectivity index (χ4v) is 4.73. The Balaban J connectivity index is 1.60. The van der Waals surface area contributed by atoms with Gasteiger partial charge in [-0.1, -0.05) is 11.6 Å². The summed E-state index contributed by atoms with van der Waals surface area (Å²) in [6.45, 7) is 5.52. The second-order valence-corrected chi connectivity index (χ2v) is 7.93. The number of likely N-dealkylation sites (N-methyl/N-ethyl adjacent to an activating group) is 1. The van der Waals surface area contributed by atoms with E-state index >= 15 is 0 Å². The molecule has 0 aliphatic carbocycles. The van der Waals surface area contributed by atoms with E-state index in [1.165, 1.54) is 42.5 Å². The van der Waals surface area contributed by atoms with E-state index in [0.29, 0.717) is 5.41 Å². The van der Waals surface area contributed by atoms with E-state index in [4.69, 9.17) is 5.10 Å². The van der Waals surface area contributed by atoms with Gasteiger partial charge < -0.3 is 4.90 Å². The van der Waals surface area contributed by atoms with E-state index in [9.17, 15) is 0 Å². The van der Waals surface area contributed by atoms with Crippen molar-refractivity contribution in [2.45, 2.75) is 38.1 Å². The first-order valence-corrected chi connectivity index (χ1v) is 9.27. The maximum Gasteiger partial charge on any atom is 0.0941 e. The van der Waals surface area contributed by atoms with Gasteiger partial charge in [0.2, 0.25) is 0 Å². The van der Waals surface area contributed by atoms with Crippen LogP contribution in [0.4, 0.5) is 0 Å². The van der Waals surface area contributed by atoms with E-state index in [1.54, 1.807) is 0 Å². The summed E-state index contributed by atoms with van der Waals surface area (Å²) in [5.41, 5.74) is 6.25. The van der Waals surface area contributed by atoms with Gasteiger partial charge in [-0.2, -0.15) is 5.10 Å². The molecule has 3 aromatic rings. The summed E-state index contributed by atoms with van der Waals surface area (Å²) in [7, 11) is 2.24. The number of aryl methyl sites for hydroxylation is 2. The van der Waals surface area contributed by atoms with Crippen LogP contribution < -0.4 is 0 Å². The van der Waals surface area contributed by atoms with Gasteiger partial charge in [0.1, 0.15) is 0 Å². The highest BCUT2D eigenvalue weighted by Gasteiger charge is 2.42. The normalized spacial score (nSPS) is 23.4. The Morgan fingerprint density at radius 1 is 1.08 bits per heavy atom. The molecule has 1 spiro atoms. The third-order valence-electron chi connectivity index (χ3n) is 6.03. The molecule has 128 valence electrons. The molecular weight excluding hydrogens is 308 g/mol. The fourth-order valence-electron chi connectivity index (χ4n) is 4.73. The summed E-state index contributed by atoms with van der Waals surface area (Å²) in [5.74, 6) is 0. The number of nitrogens with zero attached hydrogens (tertiary/aromatic N) is 4. The largest absolute Gasteiger partial charge is 0.305 e. The molecule has 1 saturated heterocycles. The summed E-state index contributed by atoms with van der Waals surface area (Å²) in [4.78, 5) is 7.11. The van der Waals surface area contributed by atoms with Crippen molar-refractivity contribution in [2.75, 3.05) is 20.1 Å². The lowest BCUT2D eigenvalue weighted by molar-refractivity contribution is 0.289. The van der Waals surface area contributed by atoms with Crippen LogP contribution in [0.3, 0.4) is 0 Å². The van der Waals surface area contributed by atoms with Crippen LogP contribution in [0.25, 0.3) is 22.2 Å². The third kappa shape index (κ3) is 2.39. The first kappa shape index (κ1) is 15.1. The zero-order chi connectivity index (χ0) is 17.0. The van der Waals surface area contributed by atoms with Crippen LogP contribution in [0.15, 0.2) is 36.5 Å². The molecule has 1 aromatic carbocycles. The summed E-state index contributed by atoms with van der Waals surface area (Å²) in [5, 5.41) is 6.15. The second kappa shape index (κ2) is 5.40. The number of hydrogen-bond acceptors (Lipinski definition) is 3. The van der Waals surface area contributed by atoms with Crippen molar-refractivity contribution >= 4 is 10.9 Å². The summed E-state index contributed by atoms with van der Waals surface area (Å²) >= 11 is 0. The molecule has 4 heteroatoms. The molecule has 4 nitrogen and oxygen atoms in total. The molecule has 1 unspecified atom stereocenters. The van der Waals surface area contributed by atoms with Gasteiger partial charge in [-0.15, -0.1) is 0 Å². The van der Waals surface area contributed by atoms with Gasteiger partial charge in [0.25, 0.3) is 0 Å². The van der Waals surface area contributed by atoms with Gasteiger partial charge in [-0.25, -0.2) is 0 Å². The first-order valence-electron chi connectivity index (χ1n) is 9.27. The van der Waals surface area contributed by atoms with Crippen molar-refractivity contribution in [3.63, 3.8) is 0 Å². The SMILES string of the molecule is Cc1ccc2ncc(-c3cc4n(n3)CCCC43CCN(C)C3)cc2c1. The average Bonchev–Trinajstić information content (AvgIpc) is 3.20. The number of fused-ring (bicyclic) bond motifs is 3. The number of likely N-dealkylation sites (tertiary alicyclic amines) is 1. The highest BCUT2D eigenvalue weighted by Crippen LogP contribution is 2.42. The van der Waals surface area contributed by atoms with Crippen molar-refractivity contribution < 1.29 is 0 Å². The Kier molecular flexibility index (Phi) is 3.26. The van der Waals surface area contributed by atoms with E-state index in [0.717, 1.165) is 29.9 Å². The lowest BCUT2D eigenvalue weighted by Gasteiger charge is -2.33. The Hall–Kier alpha value is -2.20. The smallest absolute Gasteiger partial charge is 0.0941 e. The van der Waals surface area contributed by atoms with Crippen LogP contribution in [-0.2, 0) is 12.0 Å². The number of aromatic nitrogens is 3. The number of rotatable bonds is 1. The van der Waals surface area contributed by atoms with Gasteiger partial charge in [-0.3, -0.25) is 9.67 Å². The molecule has 5 rings (SSSR count).